The second-order valence-corrected chi connectivity index (χ2v) is 9.39. The van der Waals surface area contributed by atoms with Gasteiger partial charge < -0.3 is 9.80 Å². The van der Waals surface area contributed by atoms with Crippen LogP contribution in [-0.4, -0.2) is 25.7 Å². The van der Waals surface area contributed by atoms with Gasteiger partial charge in [-0.1, -0.05) is 44.2 Å². The van der Waals surface area contributed by atoms with E-state index in [4.69, 9.17) is 0 Å². The van der Waals surface area contributed by atoms with E-state index in [2.05, 4.69) is 108 Å². The van der Waals surface area contributed by atoms with Crippen molar-refractivity contribution in [3.05, 3.63) is 59.2 Å². The number of hydrogen-bond donors (Lipinski definition) is 0. The summed E-state index contributed by atoms with van der Waals surface area (Å²) in [7, 11) is 4.24. The average Bonchev–Trinajstić information content (AvgIpc) is 2.81. The van der Waals surface area contributed by atoms with E-state index in [1.54, 1.807) is 0 Å². The summed E-state index contributed by atoms with van der Waals surface area (Å²) in [5.74, 6) is 0. The molecule has 0 amide bonds. The molecule has 1 heterocycles. The zero-order valence-electron chi connectivity index (χ0n) is 18.4. The second kappa shape index (κ2) is 6.89. The van der Waals surface area contributed by atoms with Gasteiger partial charge in [0.25, 0.3) is 0 Å². The van der Waals surface area contributed by atoms with Crippen LogP contribution in [0.25, 0.3) is 0 Å². The largest absolute Gasteiger partial charge is 0.378 e. The van der Waals surface area contributed by atoms with Gasteiger partial charge in [-0.2, -0.15) is 0 Å². The normalized spacial score (nSPS) is 24.3. The van der Waals surface area contributed by atoms with Crippen LogP contribution in [0.2, 0.25) is 0 Å². The molecule has 2 atom stereocenters. The lowest BCUT2D eigenvalue weighted by atomic mass is 9.73. The predicted molar refractivity (Wildman–Crippen MR) is 119 cm³/mol. The number of nitrogens with zero attached hydrogens (tertiary/aromatic N) is 2. The Kier molecular flexibility index (Phi) is 5.05. The van der Waals surface area contributed by atoms with Crippen molar-refractivity contribution in [2.75, 3.05) is 23.9 Å². The predicted octanol–water partition coefficient (Wildman–Crippen LogP) is 6.09. The molecular formula is C25H36N2. The average molecular weight is 365 g/mol. The van der Waals surface area contributed by atoms with Crippen molar-refractivity contribution in [2.45, 2.75) is 71.4 Å². The third-order valence-electron chi connectivity index (χ3n) is 6.55. The van der Waals surface area contributed by atoms with Gasteiger partial charge in [-0.3, -0.25) is 0 Å². The minimum atomic E-state index is 0.112. The van der Waals surface area contributed by atoms with Gasteiger partial charge in [0.05, 0.1) is 0 Å². The van der Waals surface area contributed by atoms with Crippen LogP contribution in [0.1, 0.15) is 57.2 Å². The molecular weight excluding hydrogens is 328 g/mol. The molecule has 0 radical (unpaired) electrons. The molecule has 2 aromatic carbocycles. The molecule has 0 saturated carbocycles. The first-order chi connectivity index (χ1) is 12.6. The SMILES string of the molecule is CCC1N(c2c(C)cc(N(C)C)cc2C)C(C)(C)CC1(C)c1ccccc1. The molecule has 0 aliphatic carbocycles. The van der Waals surface area contributed by atoms with E-state index in [1.807, 2.05) is 0 Å². The van der Waals surface area contributed by atoms with E-state index in [-0.39, 0.29) is 11.0 Å². The summed E-state index contributed by atoms with van der Waals surface area (Å²) in [6.07, 6.45) is 2.31. The third-order valence-corrected chi connectivity index (χ3v) is 6.55. The van der Waals surface area contributed by atoms with Gasteiger partial charge in [0.1, 0.15) is 0 Å². The van der Waals surface area contributed by atoms with E-state index in [1.165, 1.54) is 28.1 Å². The zero-order chi connectivity index (χ0) is 20.0. The van der Waals surface area contributed by atoms with Crippen LogP contribution in [0.3, 0.4) is 0 Å². The lowest BCUT2D eigenvalue weighted by Gasteiger charge is -2.42. The molecule has 146 valence electrons. The summed E-state index contributed by atoms with van der Waals surface area (Å²) in [5, 5.41) is 0. The quantitative estimate of drug-likeness (QED) is 0.647. The van der Waals surface area contributed by atoms with Crippen molar-refractivity contribution < 1.29 is 0 Å². The molecule has 1 fully saturated rings. The van der Waals surface area contributed by atoms with Crippen molar-refractivity contribution in [3.8, 4) is 0 Å². The smallest absolute Gasteiger partial charge is 0.0434 e. The van der Waals surface area contributed by atoms with Crippen molar-refractivity contribution in [3.63, 3.8) is 0 Å². The van der Waals surface area contributed by atoms with Crippen molar-refractivity contribution in [1.82, 2.24) is 0 Å². The standard InChI is InChI=1S/C25H36N2/c1-9-22-25(6,20-13-11-10-12-14-20)17-24(4,5)27(22)23-18(2)15-21(26(7)8)16-19(23)3/h10-16,22H,9,17H2,1-8H3. The topological polar surface area (TPSA) is 6.48 Å². The summed E-state index contributed by atoms with van der Waals surface area (Å²) in [6, 6.07) is 16.3. The number of anilines is 2. The summed E-state index contributed by atoms with van der Waals surface area (Å²) in [4.78, 5) is 4.94. The Morgan fingerprint density at radius 3 is 2.04 bits per heavy atom. The van der Waals surface area contributed by atoms with E-state index in [9.17, 15) is 0 Å². The monoisotopic (exact) mass is 364 g/mol. The van der Waals surface area contributed by atoms with Crippen molar-refractivity contribution in [1.29, 1.82) is 0 Å². The minimum Gasteiger partial charge on any atom is -0.378 e. The number of rotatable bonds is 4. The van der Waals surface area contributed by atoms with Crippen LogP contribution in [0.5, 0.6) is 0 Å². The summed E-state index contributed by atoms with van der Waals surface area (Å²) < 4.78 is 0. The van der Waals surface area contributed by atoms with Gasteiger partial charge in [0, 0.05) is 42.5 Å². The van der Waals surface area contributed by atoms with Crippen LogP contribution in [0.4, 0.5) is 11.4 Å². The van der Waals surface area contributed by atoms with Gasteiger partial charge in [0.15, 0.2) is 0 Å². The number of benzene rings is 2. The first-order valence-corrected chi connectivity index (χ1v) is 10.2. The third kappa shape index (κ3) is 3.24. The highest BCUT2D eigenvalue weighted by molar-refractivity contribution is 5.69. The van der Waals surface area contributed by atoms with Gasteiger partial charge in [-0.15, -0.1) is 0 Å². The fourth-order valence-corrected chi connectivity index (χ4v) is 5.58. The van der Waals surface area contributed by atoms with E-state index < -0.39 is 0 Å². The van der Waals surface area contributed by atoms with Crippen LogP contribution in [0, 0.1) is 13.8 Å². The highest BCUT2D eigenvalue weighted by Crippen LogP contribution is 2.52. The molecule has 3 rings (SSSR count). The molecule has 0 bridgehead atoms. The summed E-state index contributed by atoms with van der Waals surface area (Å²) in [6.45, 7) is 14.2. The zero-order valence-corrected chi connectivity index (χ0v) is 18.4. The minimum absolute atomic E-state index is 0.112. The molecule has 0 spiro atoms. The Hall–Kier alpha value is -1.96. The highest BCUT2D eigenvalue weighted by Gasteiger charge is 2.53. The van der Waals surface area contributed by atoms with Crippen LogP contribution in [0.15, 0.2) is 42.5 Å². The lowest BCUT2D eigenvalue weighted by molar-refractivity contribution is 0.402. The molecule has 1 aliphatic rings. The van der Waals surface area contributed by atoms with E-state index in [0.29, 0.717) is 6.04 Å². The fraction of sp³-hybridized carbons (Fsp3) is 0.520. The molecule has 2 aromatic rings. The van der Waals surface area contributed by atoms with Crippen molar-refractivity contribution >= 4 is 11.4 Å². The maximum Gasteiger partial charge on any atom is 0.0434 e. The molecule has 1 aliphatic heterocycles. The first-order valence-electron chi connectivity index (χ1n) is 10.2. The van der Waals surface area contributed by atoms with E-state index in [0.717, 1.165) is 12.8 Å². The Morgan fingerprint density at radius 2 is 1.56 bits per heavy atom. The van der Waals surface area contributed by atoms with E-state index >= 15 is 0 Å². The molecule has 0 aromatic heterocycles. The highest BCUT2D eigenvalue weighted by atomic mass is 15.3. The Balaban J connectivity index is 2.15. The fourth-order valence-electron chi connectivity index (χ4n) is 5.58. The van der Waals surface area contributed by atoms with Gasteiger partial charge in [-0.05, 0) is 69.4 Å². The maximum absolute atomic E-state index is 2.74. The molecule has 2 nitrogen and oxygen atoms in total. The molecule has 27 heavy (non-hydrogen) atoms. The summed E-state index contributed by atoms with van der Waals surface area (Å²) in [5.41, 5.74) is 7.19. The van der Waals surface area contributed by atoms with Gasteiger partial charge in [0.2, 0.25) is 0 Å². The Labute approximate surface area is 166 Å². The maximum atomic E-state index is 2.74. The number of aryl methyl sites for hydroxylation is 2. The second-order valence-electron chi connectivity index (χ2n) is 9.39. The van der Waals surface area contributed by atoms with Gasteiger partial charge >= 0.3 is 0 Å². The first kappa shape index (κ1) is 19.8. The van der Waals surface area contributed by atoms with Crippen molar-refractivity contribution in [2.24, 2.45) is 0 Å². The molecule has 1 saturated heterocycles. The number of hydrogen-bond acceptors (Lipinski definition) is 2. The van der Waals surface area contributed by atoms with Crippen LogP contribution >= 0.6 is 0 Å². The molecule has 2 unspecified atom stereocenters. The Bertz CT molecular complexity index is 783. The molecule has 2 heteroatoms. The van der Waals surface area contributed by atoms with Gasteiger partial charge in [-0.25, -0.2) is 0 Å². The lowest BCUT2D eigenvalue weighted by Crippen LogP contribution is -2.46. The summed E-state index contributed by atoms with van der Waals surface area (Å²) >= 11 is 0. The van der Waals surface area contributed by atoms with Crippen LogP contribution < -0.4 is 9.80 Å². The molecule has 0 N–H and O–H groups in total. The van der Waals surface area contributed by atoms with Crippen LogP contribution in [-0.2, 0) is 5.41 Å². The Morgan fingerprint density at radius 1 is 1.00 bits per heavy atom.